The lowest BCUT2D eigenvalue weighted by Crippen LogP contribution is -2.07. The first-order valence-electron chi connectivity index (χ1n) is 4.05. The van der Waals surface area contributed by atoms with Crippen molar-refractivity contribution in [2.75, 3.05) is 6.61 Å². The lowest BCUT2D eigenvalue weighted by atomic mass is 10.2. The Morgan fingerprint density at radius 2 is 1.93 bits per heavy atom. The molecule has 0 amide bonds. The average molecular weight is 334 g/mol. The van der Waals surface area contributed by atoms with Crippen LogP contribution in [0.5, 0.6) is 5.75 Å². The molecule has 0 saturated carbocycles. The Labute approximate surface area is 97.6 Å². The fourth-order valence-corrected chi connectivity index (χ4v) is 1.46. The molecule has 0 heterocycles. The lowest BCUT2D eigenvalue weighted by Gasteiger charge is -2.11. The van der Waals surface area contributed by atoms with Gasteiger partial charge in [0, 0.05) is 0 Å². The van der Waals surface area contributed by atoms with E-state index < -0.39 is 17.6 Å². The molecule has 0 aliphatic rings. The van der Waals surface area contributed by atoms with Gasteiger partial charge >= 0.3 is 6.18 Å². The molecule has 0 radical (unpaired) electrons. The van der Waals surface area contributed by atoms with Crippen LogP contribution >= 0.6 is 22.6 Å². The molecule has 84 valence electrons. The second kappa shape index (κ2) is 4.54. The van der Waals surface area contributed by atoms with Crippen molar-refractivity contribution in [3.05, 3.63) is 27.1 Å². The standard InChI is InChI=1S/C9H7F4IO/c1-2-15-7-4-5(9(11,12)13)3-6(10)8(7)14/h3-4H,2H2,1H3. The van der Waals surface area contributed by atoms with Gasteiger partial charge in [0.2, 0.25) is 0 Å². The Hall–Kier alpha value is -0.530. The van der Waals surface area contributed by atoms with Gasteiger partial charge in [0.05, 0.1) is 15.7 Å². The zero-order valence-corrected chi connectivity index (χ0v) is 9.82. The number of ether oxygens (including phenoxy) is 1. The van der Waals surface area contributed by atoms with Crippen LogP contribution in [0.15, 0.2) is 12.1 Å². The molecular weight excluding hydrogens is 327 g/mol. The first kappa shape index (κ1) is 12.5. The number of rotatable bonds is 2. The molecule has 0 aliphatic carbocycles. The van der Waals surface area contributed by atoms with Crippen molar-refractivity contribution in [1.82, 2.24) is 0 Å². The van der Waals surface area contributed by atoms with Crippen LogP contribution in [0.4, 0.5) is 17.6 Å². The van der Waals surface area contributed by atoms with Crippen molar-refractivity contribution in [2.24, 2.45) is 0 Å². The highest BCUT2D eigenvalue weighted by Gasteiger charge is 2.32. The van der Waals surface area contributed by atoms with Crippen LogP contribution in [0.1, 0.15) is 12.5 Å². The maximum atomic E-state index is 13.1. The van der Waals surface area contributed by atoms with Crippen LogP contribution in [0.3, 0.4) is 0 Å². The first-order valence-corrected chi connectivity index (χ1v) is 5.13. The van der Waals surface area contributed by atoms with Gasteiger partial charge < -0.3 is 4.74 Å². The fourth-order valence-electron chi connectivity index (χ4n) is 0.988. The van der Waals surface area contributed by atoms with Crippen LogP contribution in [-0.2, 0) is 6.18 Å². The van der Waals surface area contributed by atoms with Crippen LogP contribution < -0.4 is 4.74 Å². The largest absolute Gasteiger partial charge is 0.493 e. The molecule has 1 nitrogen and oxygen atoms in total. The minimum absolute atomic E-state index is 0.0578. The van der Waals surface area contributed by atoms with Gasteiger partial charge in [-0.25, -0.2) is 4.39 Å². The number of hydrogen-bond acceptors (Lipinski definition) is 1. The van der Waals surface area contributed by atoms with E-state index in [4.69, 9.17) is 4.74 Å². The predicted molar refractivity (Wildman–Crippen MR) is 55.3 cm³/mol. The molecule has 0 aliphatic heterocycles. The van der Waals surface area contributed by atoms with Gasteiger partial charge in [0.15, 0.2) is 0 Å². The Bertz CT molecular complexity index is 362. The van der Waals surface area contributed by atoms with Crippen molar-refractivity contribution < 1.29 is 22.3 Å². The summed E-state index contributed by atoms with van der Waals surface area (Å²) in [6, 6.07) is 1.26. The minimum Gasteiger partial charge on any atom is -0.493 e. The van der Waals surface area contributed by atoms with Crippen molar-refractivity contribution in [1.29, 1.82) is 0 Å². The molecule has 15 heavy (non-hydrogen) atoms. The molecule has 0 bridgehead atoms. The van der Waals surface area contributed by atoms with Gasteiger partial charge in [-0.2, -0.15) is 13.2 Å². The highest BCUT2D eigenvalue weighted by molar-refractivity contribution is 14.1. The highest BCUT2D eigenvalue weighted by Crippen LogP contribution is 2.35. The van der Waals surface area contributed by atoms with Gasteiger partial charge in [-0.15, -0.1) is 0 Å². The Kier molecular flexibility index (Phi) is 3.80. The van der Waals surface area contributed by atoms with E-state index in [9.17, 15) is 17.6 Å². The third-order valence-electron chi connectivity index (χ3n) is 1.62. The zero-order chi connectivity index (χ0) is 11.6. The van der Waals surface area contributed by atoms with Crippen molar-refractivity contribution >= 4 is 22.6 Å². The molecule has 0 N–H and O–H groups in total. The summed E-state index contributed by atoms with van der Waals surface area (Å²) in [7, 11) is 0. The SMILES string of the molecule is CCOc1cc(C(F)(F)F)cc(F)c1I. The smallest absolute Gasteiger partial charge is 0.416 e. The monoisotopic (exact) mass is 334 g/mol. The molecule has 0 unspecified atom stereocenters. The van der Waals surface area contributed by atoms with Crippen molar-refractivity contribution in [2.45, 2.75) is 13.1 Å². The molecule has 6 heteroatoms. The van der Waals surface area contributed by atoms with E-state index >= 15 is 0 Å². The topological polar surface area (TPSA) is 9.23 Å². The summed E-state index contributed by atoms with van der Waals surface area (Å²) in [4.78, 5) is 0. The molecular formula is C9H7F4IO. The number of halogens is 5. The number of alkyl halides is 3. The number of benzene rings is 1. The van der Waals surface area contributed by atoms with Crippen LogP contribution in [0.25, 0.3) is 0 Å². The Morgan fingerprint density at radius 3 is 2.40 bits per heavy atom. The minimum atomic E-state index is -4.56. The fraction of sp³-hybridized carbons (Fsp3) is 0.333. The molecule has 0 spiro atoms. The maximum absolute atomic E-state index is 13.1. The summed E-state index contributed by atoms with van der Waals surface area (Å²) in [5, 5.41) is 0. The van der Waals surface area contributed by atoms with Gasteiger partial charge in [0.25, 0.3) is 0 Å². The first-order chi connectivity index (χ1) is 6.86. The summed E-state index contributed by atoms with van der Waals surface area (Å²) < 4.78 is 55.0. The summed E-state index contributed by atoms with van der Waals surface area (Å²) >= 11 is 1.61. The van der Waals surface area contributed by atoms with E-state index in [0.29, 0.717) is 6.07 Å². The van der Waals surface area contributed by atoms with Crippen molar-refractivity contribution in [3.63, 3.8) is 0 Å². The summed E-state index contributed by atoms with van der Waals surface area (Å²) in [5.41, 5.74) is -1.04. The molecule has 1 aromatic carbocycles. The third kappa shape index (κ3) is 2.96. The molecule has 0 saturated heterocycles. The van der Waals surface area contributed by atoms with E-state index in [0.717, 1.165) is 6.07 Å². The van der Waals surface area contributed by atoms with Crippen molar-refractivity contribution in [3.8, 4) is 5.75 Å². The van der Waals surface area contributed by atoms with Crippen LogP contribution in [0.2, 0.25) is 0 Å². The zero-order valence-electron chi connectivity index (χ0n) is 7.66. The van der Waals surface area contributed by atoms with E-state index in [2.05, 4.69) is 0 Å². The second-order valence-corrected chi connectivity index (χ2v) is 3.78. The van der Waals surface area contributed by atoms with E-state index in [1.54, 1.807) is 29.5 Å². The number of hydrogen-bond donors (Lipinski definition) is 0. The maximum Gasteiger partial charge on any atom is 0.416 e. The van der Waals surface area contributed by atoms with Gasteiger partial charge in [-0.3, -0.25) is 0 Å². The van der Waals surface area contributed by atoms with Gasteiger partial charge in [0.1, 0.15) is 11.6 Å². The van der Waals surface area contributed by atoms with E-state index in [-0.39, 0.29) is 15.9 Å². The van der Waals surface area contributed by atoms with E-state index in [1.807, 2.05) is 0 Å². The van der Waals surface area contributed by atoms with Crippen LogP contribution in [-0.4, -0.2) is 6.61 Å². The average Bonchev–Trinajstić information content (AvgIpc) is 2.11. The summed E-state index contributed by atoms with van der Waals surface area (Å²) in [6.07, 6.45) is -4.56. The highest BCUT2D eigenvalue weighted by atomic mass is 127. The Morgan fingerprint density at radius 1 is 1.33 bits per heavy atom. The molecule has 1 rings (SSSR count). The van der Waals surface area contributed by atoms with Gasteiger partial charge in [-0.05, 0) is 41.6 Å². The second-order valence-electron chi connectivity index (χ2n) is 2.70. The molecule has 0 aromatic heterocycles. The molecule has 0 atom stereocenters. The molecule has 1 aromatic rings. The predicted octanol–water partition coefficient (Wildman–Crippen LogP) is 3.85. The Balaban J connectivity index is 3.23. The van der Waals surface area contributed by atoms with Crippen LogP contribution in [0, 0.1) is 9.39 Å². The van der Waals surface area contributed by atoms with E-state index in [1.165, 1.54) is 0 Å². The molecule has 0 fully saturated rings. The quantitative estimate of drug-likeness (QED) is 0.590. The third-order valence-corrected chi connectivity index (χ3v) is 2.67. The summed E-state index contributed by atoms with van der Waals surface area (Å²) in [5.74, 6) is -1.00. The summed E-state index contributed by atoms with van der Waals surface area (Å²) in [6.45, 7) is 1.81. The normalized spacial score (nSPS) is 11.6. The lowest BCUT2D eigenvalue weighted by molar-refractivity contribution is -0.137. The van der Waals surface area contributed by atoms with Gasteiger partial charge in [-0.1, -0.05) is 0 Å².